The summed E-state index contributed by atoms with van der Waals surface area (Å²) in [5, 5.41) is 10.3. The van der Waals surface area contributed by atoms with Crippen LogP contribution in [0.3, 0.4) is 0 Å². The van der Waals surface area contributed by atoms with Gasteiger partial charge in [-0.2, -0.15) is 5.10 Å². The van der Waals surface area contributed by atoms with Crippen molar-refractivity contribution in [2.24, 2.45) is 5.73 Å². The second kappa shape index (κ2) is 7.54. The number of aryl methyl sites for hydroxylation is 2. The number of aromatic nitrogens is 2. The number of H-pyrrole nitrogens is 1. The molecule has 2 aliphatic rings. The summed E-state index contributed by atoms with van der Waals surface area (Å²) < 4.78 is 6.16. The van der Waals surface area contributed by atoms with Gasteiger partial charge < -0.3 is 10.2 Å². The summed E-state index contributed by atoms with van der Waals surface area (Å²) in [5.74, 6) is -0.431. The number of benzene rings is 3. The zero-order valence-corrected chi connectivity index (χ0v) is 17.9. The van der Waals surface area contributed by atoms with Crippen molar-refractivity contribution in [2.45, 2.75) is 19.8 Å². The molecule has 0 fully saturated rings. The molecule has 0 spiro atoms. The monoisotopic (exact) mass is 421 g/mol. The second-order valence-corrected chi connectivity index (χ2v) is 8.23. The Kier molecular flexibility index (Phi) is 4.67. The summed E-state index contributed by atoms with van der Waals surface area (Å²) >= 11 is 0. The normalized spacial score (nSPS) is 11.4. The molecule has 3 aromatic carbocycles. The molecule has 158 valence electrons. The van der Waals surface area contributed by atoms with E-state index < -0.39 is 5.91 Å². The molecule has 5 nitrogen and oxygen atoms in total. The minimum absolute atomic E-state index is 0.431. The Morgan fingerprint density at radius 2 is 1.78 bits per heavy atom. The minimum Gasteiger partial charge on any atom is -0.456 e. The van der Waals surface area contributed by atoms with Gasteiger partial charge in [0, 0.05) is 16.3 Å². The molecule has 0 aromatic heterocycles. The fourth-order valence-corrected chi connectivity index (χ4v) is 4.19. The van der Waals surface area contributed by atoms with Crippen LogP contribution in [-0.2, 0) is 12.8 Å². The maximum absolute atomic E-state index is 11.7. The highest BCUT2D eigenvalue weighted by Gasteiger charge is 2.17. The van der Waals surface area contributed by atoms with Gasteiger partial charge in [0.2, 0.25) is 5.91 Å². The Balaban J connectivity index is 1.54. The Morgan fingerprint density at radius 3 is 2.56 bits per heavy atom. The molecule has 0 saturated heterocycles. The van der Waals surface area contributed by atoms with Crippen LogP contribution in [0.15, 0.2) is 65.6 Å². The SMILES string of the molecule is C=C(C)c1cc(CCc2ccc3oc4cccc5c4-c(n[nH]c5=C)c3c2)cc(C(N)=O)c1. The summed E-state index contributed by atoms with van der Waals surface area (Å²) in [5.41, 5.74) is 13.5. The lowest BCUT2D eigenvalue weighted by Gasteiger charge is -2.14. The molecule has 5 heteroatoms. The van der Waals surface area contributed by atoms with Crippen molar-refractivity contribution >= 4 is 40.0 Å². The number of nitrogens with zero attached hydrogens (tertiary/aromatic N) is 1. The predicted molar refractivity (Wildman–Crippen MR) is 129 cm³/mol. The molecule has 3 aromatic rings. The number of nitrogens with two attached hydrogens (primary N) is 1. The Morgan fingerprint density at radius 1 is 1.00 bits per heavy atom. The standard InChI is InChI=1S/C27H23N3O2/c1-15(2)19-11-18(12-20(14-19)27(28)31)8-7-17-9-10-23-22(13-17)26-25-21(16(3)29-30-26)5-4-6-24(25)32-23/h4-6,9-14,29H,1,3,7-8H2,2H3,(H2,28,31). The van der Waals surface area contributed by atoms with Crippen molar-refractivity contribution < 1.29 is 9.21 Å². The number of nitrogens with one attached hydrogen (secondary N) is 1. The van der Waals surface area contributed by atoms with Crippen LogP contribution in [0.1, 0.15) is 34.0 Å². The van der Waals surface area contributed by atoms with E-state index >= 15 is 0 Å². The molecule has 2 aliphatic heterocycles. The lowest BCUT2D eigenvalue weighted by atomic mass is 9.96. The first kappa shape index (κ1) is 19.8. The van der Waals surface area contributed by atoms with E-state index in [1.807, 2.05) is 37.3 Å². The number of carbonyl (C=O) groups excluding carboxylic acids is 1. The van der Waals surface area contributed by atoms with E-state index in [1.54, 1.807) is 6.07 Å². The fourth-order valence-electron chi connectivity index (χ4n) is 4.19. The van der Waals surface area contributed by atoms with Gasteiger partial charge in [-0.15, -0.1) is 0 Å². The maximum Gasteiger partial charge on any atom is 0.248 e. The largest absolute Gasteiger partial charge is 0.456 e. The molecular formula is C27H23N3O2. The van der Waals surface area contributed by atoms with Gasteiger partial charge in [0.05, 0.1) is 10.9 Å². The molecule has 0 unspecified atom stereocenters. The quantitative estimate of drug-likeness (QED) is 0.309. The first-order valence-electron chi connectivity index (χ1n) is 10.5. The summed E-state index contributed by atoms with van der Waals surface area (Å²) in [7, 11) is 0. The zero-order valence-electron chi connectivity index (χ0n) is 17.9. The highest BCUT2D eigenvalue weighted by atomic mass is 16.3. The molecule has 1 amide bonds. The van der Waals surface area contributed by atoms with Crippen LogP contribution in [0.2, 0.25) is 0 Å². The number of hydrogen-bond acceptors (Lipinski definition) is 3. The van der Waals surface area contributed by atoms with Crippen LogP contribution in [0.4, 0.5) is 0 Å². The van der Waals surface area contributed by atoms with Crippen LogP contribution < -0.4 is 11.1 Å². The maximum atomic E-state index is 11.7. The van der Waals surface area contributed by atoms with Crippen molar-refractivity contribution in [2.75, 3.05) is 0 Å². The van der Waals surface area contributed by atoms with Gasteiger partial charge in [0.25, 0.3) is 0 Å². The number of carbonyl (C=O) groups is 1. The van der Waals surface area contributed by atoms with Gasteiger partial charge in [-0.25, -0.2) is 0 Å². The number of allylic oxidation sites excluding steroid dienone is 1. The van der Waals surface area contributed by atoms with E-state index in [9.17, 15) is 4.79 Å². The first-order valence-corrected chi connectivity index (χ1v) is 10.5. The topological polar surface area (TPSA) is 84.9 Å². The third-order valence-corrected chi connectivity index (χ3v) is 5.88. The number of fused-ring (bicyclic) bond motifs is 2. The van der Waals surface area contributed by atoms with Gasteiger partial charge in [0.15, 0.2) is 0 Å². The third kappa shape index (κ3) is 3.38. The van der Waals surface area contributed by atoms with E-state index in [0.717, 1.165) is 73.7 Å². The highest BCUT2D eigenvalue weighted by molar-refractivity contribution is 6.04. The molecule has 32 heavy (non-hydrogen) atoms. The second-order valence-electron chi connectivity index (χ2n) is 8.23. The third-order valence-electron chi connectivity index (χ3n) is 5.88. The van der Waals surface area contributed by atoms with Crippen molar-refractivity contribution in [1.82, 2.24) is 10.2 Å². The Labute approximate surface area is 185 Å². The number of primary amides is 1. The van der Waals surface area contributed by atoms with Crippen LogP contribution in [0, 0.1) is 0 Å². The molecule has 0 aliphatic carbocycles. The van der Waals surface area contributed by atoms with E-state index in [2.05, 4.69) is 41.6 Å². The molecule has 5 rings (SSSR count). The van der Waals surface area contributed by atoms with Crippen LogP contribution in [0.5, 0.6) is 0 Å². The number of hydrogen-bond donors (Lipinski definition) is 2. The predicted octanol–water partition coefficient (Wildman–Crippen LogP) is 5.02. The summed E-state index contributed by atoms with van der Waals surface area (Å²) in [6.45, 7) is 9.97. The van der Waals surface area contributed by atoms with E-state index in [-0.39, 0.29) is 0 Å². The van der Waals surface area contributed by atoms with Gasteiger partial charge in [-0.1, -0.05) is 43.0 Å². The van der Waals surface area contributed by atoms with E-state index in [4.69, 9.17) is 10.2 Å². The summed E-state index contributed by atoms with van der Waals surface area (Å²) in [6, 6.07) is 17.8. The number of amides is 1. The van der Waals surface area contributed by atoms with Gasteiger partial charge >= 0.3 is 0 Å². The molecule has 0 radical (unpaired) electrons. The molecule has 0 atom stereocenters. The average Bonchev–Trinajstić information content (AvgIpc) is 2.79. The smallest absolute Gasteiger partial charge is 0.248 e. The summed E-state index contributed by atoms with van der Waals surface area (Å²) in [6.07, 6.45) is 1.57. The van der Waals surface area contributed by atoms with Crippen molar-refractivity contribution in [3.63, 3.8) is 0 Å². The Bertz CT molecular complexity index is 1520. The van der Waals surface area contributed by atoms with Crippen molar-refractivity contribution in [1.29, 1.82) is 0 Å². The first-order chi connectivity index (χ1) is 15.4. The average molecular weight is 422 g/mol. The van der Waals surface area contributed by atoms with Gasteiger partial charge in [-0.05, 0) is 66.8 Å². The van der Waals surface area contributed by atoms with E-state index in [0.29, 0.717) is 5.56 Å². The molecular weight excluding hydrogens is 398 g/mol. The lowest BCUT2D eigenvalue weighted by molar-refractivity contribution is 0.1000. The number of rotatable bonds is 5. The van der Waals surface area contributed by atoms with Gasteiger partial charge in [-0.3, -0.25) is 9.89 Å². The molecule has 0 bridgehead atoms. The zero-order chi connectivity index (χ0) is 22.4. The number of aromatic amines is 1. The summed E-state index contributed by atoms with van der Waals surface area (Å²) in [4.78, 5) is 11.7. The van der Waals surface area contributed by atoms with Gasteiger partial charge in [0.1, 0.15) is 16.9 Å². The van der Waals surface area contributed by atoms with Crippen LogP contribution in [0.25, 0.3) is 45.3 Å². The fraction of sp³-hybridized carbons (Fsp3) is 0.111. The highest BCUT2D eigenvalue weighted by Crippen LogP contribution is 2.36. The molecule has 3 N–H and O–H groups in total. The van der Waals surface area contributed by atoms with E-state index in [1.165, 1.54) is 0 Å². The lowest BCUT2D eigenvalue weighted by Crippen LogP contribution is -2.12. The molecule has 2 heterocycles. The van der Waals surface area contributed by atoms with Crippen LogP contribution >= 0.6 is 0 Å². The van der Waals surface area contributed by atoms with Crippen molar-refractivity contribution in [3.05, 3.63) is 88.8 Å². The Hall–Kier alpha value is -4.12. The van der Waals surface area contributed by atoms with Crippen LogP contribution in [-0.4, -0.2) is 16.1 Å². The van der Waals surface area contributed by atoms with Crippen molar-refractivity contribution in [3.8, 4) is 11.3 Å². The minimum atomic E-state index is -0.431. The molecule has 0 saturated carbocycles.